The molecule has 0 aliphatic carbocycles. The maximum atomic E-state index is 12.4. The SMILES string of the molecule is Cc1cc(C2=N/C(=C\c3cc(I)c(OCc4ccccc4Br)c(I)c3)C(=O)O2)ccc1[N+](=O)[O-]. The van der Waals surface area contributed by atoms with Gasteiger partial charge in [0.1, 0.15) is 12.4 Å². The molecule has 0 N–H and O–H groups in total. The predicted octanol–water partition coefficient (Wildman–Crippen LogP) is 6.80. The molecule has 4 rings (SSSR count). The zero-order chi connectivity index (χ0) is 24.4. The van der Waals surface area contributed by atoms with E-state index in [2.05, 4.69) is 66.1 Å². The van der Waals surface area contributed by atoms with Crippen molar-refractivity contribution < 1.29 is 19.2 Å². The zero-order valence-electron chi connectivity index (χ0n) is 17.6. The molecule has 1 heterocycles. The number of hydrogen-bond acceptors (Lipinski definition) is 6. The van der Waals surface area contributed by atoms with Crippen LogP contribution in [0.5, 0.6) is 5.75 Å². The van der Waals surface area contributed by atoms with Crippen LogP contribution in [0.1, 0.15) is 22.3 Å². The number of aryl methyl sites for hydroxylation is 1. The molecule has 1 aliphatic rings. The molecule has 0 aromatic heterocycles. The third-order valence-corrected chi connectivity index (χ3v) is 7.29. The summed E-state index contributed by atoms with van der Waals surface area (Å²) in [6, 6.07) is 16.2. The highest BCUT2D eigenvalue weighted by Crippen LogP contribution is 2.32. The second-order valence-electron chi connectivity index (χ2n) is 7.29. The lowest BCUT2D eigenvalue weighted by Gasteiger charge is -2.12. The number of aliphatic imine (C=N–C) groups is 1. The van der Waals surface area contributed by atoms with Crippen LogP contribution in [-0.4, -0.2) is 16.8 Å². The van der Waals surface area contributed by atoms with Crippen molar-refractivity contribution in [3.8, 4) is 5.75 Å². The number of nitro groups is 1. The van der Waals surface area contributed by atoms with Crippen molar-refractivity contribution in [2.45, 2.75) is 13.5 Å². The number of carbonyl (C=O) groups is 1. The van der Waals surface area contributed by atoms with Crippen molar-refractivity contribution in [1.82, 2.24) is 0 Å². The summed E-state index contributed by atoms with van der Waals surface area (Å²) in [5.74, 6) is 0.302. The van der Waals surface area contributed by atoms with E-state index in [-0.39, 0.29) is 17.3 Å². The first-order valence-corrected chi connectivity index (χ1v) is 12.8. The molecular weight excluding hydrogens is 730 g/mol. The third kappa shape index (κ3) is 5.49. The number of halogens is 3. The van der Waals surface area contributed by atoms with Gasteiger partial charge in [-0.15, -0.1) is 0 Å². The van der Waals surface area contributed by atoms with Gasteiger partial charge in [-0.05, 0) is 94.1 Å². The Balaban J connectivity index is 1.57. The van der Waals surface area contributed by atoms with E-state index < -0.39 is 10.9 Å². The first-order valence-electron chi connectivity index (χ1n) is 9.86. The van der Waals surface area contributed by atoms with Gasteiger partial charge in [0, 0.05) is 27.2 Å². The Bertz CT molecular complexity index is 1360. The molecular formula is C24H15BrI2N2O5. The molecule has 0 bridgehead atoms. The van der Waals surface area contributed by atoms with Gasteiger partial charge in [-0.25, -0.2) is 9.79 Å². The number of esters is 1. The number of hydrogen-bond donors (Lipinski definition) is 0. The van der Waals surface area contributed by atoms with Crippen LogP contribution in [0.25, 0.3) is 6.08 Å². The maximum Gasteiger partial charge on any atom is 0.363 e. The van der Waals surface area contributed by atoms with Crippen LogP contribution in [0.2, 0.25) is 0 Å². The van der Waals surface area contributed by atoms with Crippen LogP contribution < -0.4 is 4.74 Å². The highest BCUT2D eigenvalue weighted by atomic mass is 127. The molecule has 0 radical (unpaired) electrons. The largest absolute Gasteiger partial charge is 0.487 e. The fourth-order valence-electron chi connectivity index (χ4n) is 3.25. The fourth-order valence-corrected chi connectivity index (χ4v) is 5.78. The predicted molar refractivity (Wildman–Crippen MR) is 149 cm³/mol. The minimum absolute atomic E-state index is 0.00415. The molecule has 0 saturated heterocycles. The van der Waals surface area contributed by atoms with E-state index in [0.717, 1.165) is 28.5 Å². The van der Waals surface area contributed by atoms with Gasteiger partial charge in [-0.3, -0.25) is 10.1 Å². The molecule has 1 aliphatic heterocycles. The Hall–Kier alpha value is -2.32. The molecule has 0 spiro atoms. The Kier molecular flexibility index (Phi) is 7.67. The van der Waals surface area contributed by atoms with E-state index in [1.54, 1.807) is 19.1 Å². The van der Waals surface area contributed by atoms with E-state index >= 15 is 0 Å². The summed E-state index contributed by atoms with van der Waals surface area (Å²) >= 11 is 7.94. The Morgan fingerprint density at radius 3 is 2.50 bits per heavy atom. The van der Waals surface area contributed by atoms with Crippen LogP contribution in [-0.2, 0) is 16.1 Å². The van der Waals surface area contributed by atoms with Gasteiger partial charge >= 0.3 is 5.97 Å². The molecule has 0 unspecified atom stereocenters. The molecule has 10 heteroatoms. The van der Waals surface area contributed by atoms with Gasteiger partial charge in [0.05, 0.1) is 12.1 Å². The van der Waals surface area contributed by atoms with Crippen LogP contribution in [0, 0.1) is 24.2 Å². The molecule has 34 heavy (non-hydrogen) atoms. The molecule has 7 nitrogen and oxygen atoms in total. The number of carbonyl (C=O) groups excluding carboxylic acids is 1. The topological polar surface area (TPSA) is 91.0 Å². The summed E-state index contributed by atoms with van der Waals surface area (Å²) in [6.07, 6.45) is 1.65. The molecule has 172 valence electrons. The van der Waals surface area contributed by atoms with E-state index in [1.165, 1.54) is 12.1 Å². The standard InChI is InChI=1S/C24H15BrI2N2O5/c1-13-8-15(6-7-21(13)29(31)32)23-28-20(24(30)34-23)11-14-9-18(26)22(19(27)10-14)33-12-16-4-2-3-5-17(16)25/h2-11H,12H2,1H3/b20-11-. The van der Waals surface area contributed by atoms with Crippen LogP contribution in [0.3, 0.4) is 0 Å². The van der Waals surface area contributed by atoms with Gasteiger partial charge in [0.15, 0.2) is 5.70 Å². The third-order valence-electron chi connectivity index (χ3n) is 4.91. The van der Waals surface area contributed by atoms with Crippen molar-refractivity contribution in [2.24, 2.45) is 4.99 Å². The quantitative estimate of drug-likeness (QED) is 0.0912. The number of rotatable bonds is 6. The zero-order valence-corrected chi connectivity index (χ0v) is 23.5. The normalized spacial score (nSPS) is 14.2. The fraction of sp³-hybridized carbons (Fsp3) is 0.0833. The summed E-state index contributed by atoms with van der Waals surface area (Å²) in [4.78, 5) is 27.3. The van der Waals surface area contributed by atoms with Gasteiger partial charge < -0.3 is 9.47 Å². The summed E-state index contributed by atoms with van der Waals surface area (Å²) < 4.78 is 14.1. The lowest BCUT2D eigenvalue weighted by atomic mass is 10.1. The minimum Gasteiger partial charge on any atom is -0.487 e. The molecule has 3 aromatic rings. The van der Waals surface area contributed by atoms with E-state index in [1.807, 2.05) is 36.4 Å². The smallest absolute Gasteiger partial charge is 0.363 e. The monoisotopic (exact) mass is 744 g/mol. The number of benzene rings is 3. The Morgan fingerprint density at radius 2 is 1.85 bits per heavy atom. The number of nitrogens with zero attached hydrogens (tertiary/aromatic N) is 2. The van der Waals surface area contributed by atoms with Crippen LogP contribution in [0.4, 0.5) is 5.69 Å². The van der Waals surface area contributed by atoms with E-state index in [0.29, 0.717) is 17.7 Å². The second kappa shape index (κ2) is 10.5. The van der Waals surface area contributed by atoms with Crippen molar-refractivity contribution in [1.29, 1.82) is 0 Å². The summed E-state index contributed by atoms with van der Waals surface area (Å²) in [6.45, 7) is 2.04. The molecule has 0 fully saturated rings. The molecule has 0 atom stereocenters. The van der Waals surface area contributed by atoms with Crippen molar-refractivity contribution in [2.75, 3.05) is 0 Å². The highest BCUT2D eigenvalue weighted by Gasteiger charge is 2.25. The van der Waals surface area contributed by atoms with Gasteiger partial charge in [-0.2, -0.15) is 0 Å². The maximum absolute atomic E-state index is 12.4. The number of nitro benzene ring substituents is 1. The summed E-state index contributed by atoms with van der Waals surface area (Å²) in [7, 11) is 0. The number of ether oxygens (including phenoxy) is 2. The van der Waals surface area contributed by atoms with Crippen LogP contribution >= 0.6 is 61.1 Å². The molecule has 0 amide bonds. The highest BCUT2D eigenvalue weighted by molar-refractivity contribution is 14.1. The minimum atomic E-state index is -0.578. The molecule has 3 aromatic carbocycles. The number of cyclic esters (lactones) is 1. The van der Waals surface area contributed by atoms with Gasteiger partial charge in [0.2, 0.25) is 5.90 Å². The summed E-state index contributed by atoms with van der Waals surface area (Å²) in [5.41, 5.74) is 2.92. The van der Waals surface area contributed by atoms with Crippen LogP contribution in [0.15, 0.2) is 69.8 Å². The molecule has 0 saturated carbocycles. The van der Waals surface area contributed by atoms with E-state index in [4.69, 9.17) is 9.47 Å². The summed E-state index contributed by atoms with van der Waals surface area (Å²) in [5, 5.41) is 11.0. The Labute approximate surface area is 230 Å². The first kappa shape index (κ1) is 24.8. The second-order valence-corrected chi connectivity index (χ2v) is 10.5. The average molecular weight is 745 g/mol. The van der Waals surface area contributed by atoms with Crippen molar-refractivity contribution >= 4 is 84.7 Å². The van der Waals surface area contributed by atoms with Gasteiger partial charge in [-0.1, -0.05) is 34.1 Å². The van der Waals surface area contributed by atoms with Crippen molar-refractivity contribution in [3.63, 3.8) is 0 Å². The average Bonchev–Trinajstić information content (AvgIpc) is 3.14. The van der Waals surface area contributed by atoms with Crippen molar-refractivity contribution in [3.05, 3.63) is 104 Å². The first-order chi connectivity index (χ1) is 16.2. The lowest BCUT2D eigenvalue weighted by molar-refractivity contribution is -0.385. The lowest BCUT2D eigenvalue weighted by Crippen LogP contribution is -2.06. The Morgan fingerprint density at radius 1 is 1.15 bits per heavy atom. The van der Waals surface area contributed by atoms with Gasteiger partial charge in [0.25, 0.3) is 5.69 Å². The van der Waals surface area contributed by atoms with E-state index in [9.17, 15) is 14.9 Å².